The van der Waals surface area contributed by atoms with Gasteiger partial charge in [0.1, 0.15) is 18.4 Å². The molecule has 0 aliphatic rings. The zero-order valence-electron chi connectivity index (χ0n) is 20.7. The van der Waals surface area contributed by atoms with E-state index in [1.54, 1.807) is 19.1 Å². The van der Waals surface area contributed by atoms with Crippen molar-refractivity contribution in [3.05, 3.63) is 77.4 Å². The van der Waals surface area contributed by atoms with Crippen molar-refractivity contribution >= 4 is 18.0 Å². The van der Waals surface area contributed by atoms with Crippen LogP contribution in [0.1, 0.15) is 35.6 Å². The molecule has 0 saturated carbocycles. The van der Waals surface area contributed by atoms with Crippen LogP contribution in [-0.4, -0.2) is 48.1 Å². The minimum absolute atomic E-state index is 0.0530. The van der Waals surface area contributed by atoms with E-state index < -0.39 is 24.1 Å². The van der Waals surface area contributed by atoms with Gasteiger partial charge in [-0.25, -0.2) is 4.79 Å². The molecule has 4 N–H and O–H groups in total. The highest BCUT2D eigenvalue weighted by Crippen LogP contribution is 2.24. The van der Waals surface area contributed by atoms with E-state index in [0.29, 0.717) is 18.7 Å². The van der Waals surface area contributed by atoms with Crippen molar-refractivity contribution in [1.29, 1.82) is 0 Å². The summed E-state index contributed by atoms with van der Waals surface area (Å²) in [5.74, 6) is -0.582. The van der Waals surface area contributed by atoms with E-state index in [4.69, 9.17) is 20.9 Å². The molecule has 0 bridgehead atoms. The summed E-state index contributed by atoms with van der Waals surface area (Å²) in [7, 11) is 0. The van der Waals surface area contributed by atoms with Crippen LogP contribution in [0, 0.1) is 13.8 Å². The standard InChI is InChI=1S/C27H35N3O5/c1-5-14-34-27(33)35-22-15-18(2)23(19(3)16-22)17-24(28)26(32)30(20(4)25(29)31)13-9-12-21-10-7-6-8-11-21/h5-8,10-11,15-16,20,24H,1,9,12-14,17,28H2,2-4H3,(H2,29,31)/t20-,24-/m1/s1. The van der Waals surface area contributed by atoms with Gasteiger partial charge < -0.3 is 25.8 Å². The number of hydrogen-bond donors (Lipinski definition) is 2. The molecule has 35 heavy (non-hydrogen) atoms. The lowest BCUT2D eigenvalue weighted by Crippen LogP contribution is -2.53. The number of primary amides is 1. The third kappa shape index (κ3) is 8.26. The van der Waals surface area contributed by atoms with Crippen LogP contribution >= 0.6 is 0 Å². The molecule has 0 unspecified atom stereocenters. The molecule has 2 aromatic rings. The molecule has 0 heterocycles. The number of rotatable bonds is 12. The first-order chi connectivity index (χ1) is 16.6. The zero-order valence-corrected chi connectivity index (χ0v) is 20.7. The molecule has 0 fully saturated rings. The van der Waals surface area contributed by atoms with Gasteiger partial charge in [-0.3, -0.25) is 9.59 Å². The van der Waals surface area contributed by atoms with Crippen molar-refractivity contribution in [2.45, 2.75) is 52.1 Å². The van der Waals surface area contributed by atoms with E-state index in [1.165, 1.54) is 11.0 Å². The van der Waals surface area contributed by atoms with Crippen LogP contribution in [0.2, 0.25) is 0 Å². The highest BCUT2D eigenvalue weighted by Gasteiger charge is 2.28. The van der Waals surface area contributed by atoms with Crippen LogP contribution in [0.4, 0.5) is 4.79 Å². The quantitative estimate of drug-likeness (QED) is 0.272. The van der Waals surface area contributed by atoms with Crippen molar-refractivity contribution in [1.82, 2.24) is 4.90 Å². The van der Waals surface area contributed by atoms with Gasteiger partial charge in [-0.2, -0.15) is 0 Å². The second-order valence-corrected chi connectivity index (χ2v) is 8.50. The van der Waals surface area contributed by atoms with Crippen LogP contribution in [0.15, 0.2) is 55.1 Å². The van der Waals surface area contributed by atoms with Crippen molar-refractivity contribution in [3.63, 3.8) is 0 Å². The molecule has 0 spiro atoms. The largest absolute Gasteiger partial charge is 0.514 e. The number of nitrogens with zero attached hydrogens (tertiary/aromatic N) is 1. The normalized spacial score (nSPS) is 12.3. The van der Waals surface area contributed by atoms with Crippen molar-refractivity contribution < 1.29 is 23.9 Å². The number of amides is 2. The molecular formula is C27H35N3O5. The SMILES string of the molecule is C=CCOC(=O)Oc1cc(C)c(C[C@@H](N)C(=O)N(CCCc2ccccc2)[C@H](C)C(N)=O)c(C)c1. The minimum Gasteiger partial charge on any atom is -0.430 e. The second kappa shape index (κ2) is 13.3. The molecule has 0 saturated heterocycles. The van der Waals surface area contributed by atoms with E-state index in [1.807, 2.05) is 44.2 Å². The van der Waals surface area contributed by atoms with Crippen LogP contribution in [0.3, 0.4) is 0 Å². The topological polar surface area (TPSA) is 125 Å². The summed E-state index contributed by atoms with van der Waals surface area (Å²) in [6, 6.07) is 11.7. The summed E-state index contributed by atoms with van der Waals surface area (Å²) in [5, 5.41) is 0. The molecule has 0 aliphatic heterocycles. The highest BCUT2D eigenvalue weighted by atomic mass is 16.7. The maximum atomic E-state index is 13.3. The average Bonchev–Trinajstić information content (AvgIpc) is 2.82. The lowest BCUT2D eigenvalue weighted by atomic mass is 9.95. The lowest BCUT2D eigenvalue weighted by molar-refractivity contribution is -0.139. The minimum atomic E-state index is -0.866. The van der Waals surface area contributed by atoms with E-state index >= 15 is 0 Å². The van der Waals surface area contributed by atoms with Crippen LogP contribution in [0.25, 0.3) is 0 Å². The predicted molar refractivity (Wildman–Crippen MR) is 135 cm³/mol. The molecule has 0 aliphatic carbocycles. The van der Waals surface area contributed by atoms with Crippen LogP contribution in [0.5, 0.6) is 5.75 Å². The van der Waals surface area contributed by atoms with Gasteiger partial charge in [0.2, 0.25) is 11.8 Å². The summed E-state index contributed by atoms with van der Waals surface area (Å²) in [4.78, 5) is 38.3. The molecular weight excluding hydrogens is 446 g/mol. The number of carbonyl (C=O) groups excluding carboxylic acids is 3. The first-order valence-electron chi connectivity index (χ1n) is 11.6. The summed E-state index contributed by atoms with van der Waals surface area (Å²) < 4.78 is 10.0. The fourth-order valence-electron chi connectivity index (χ4n) is 3.85. The third-order valence-corrected chi connectivity index (χ3v) is 5.80. The zero-order chi connectivity index (χ0) is 26.0. The van der Waals surface area contributed by atoms with E-state index in [-0.39, 0.29) is 18.9 Å². The molecule has 2 aromatic carbocycles. The fraction of sp³-hybridized carbons (Fsp3) is 0.370. The van der Waals surface area contributed by atoms with Crippen LogP contribution < -0.4 is 16.2 Å². The Hall–Kier alpha value is -3.65. The van der Waals surface area contributed by atoms with Gasteiger partial charge in [0.05, 0.1) is 6.04 Å². The van der Waals surface area contributed by atoms with Gasteiger partial charge >= 0.3 is 6.16 Å². The Balaban J connectivity index is 2.10. The second-order valence-electron chi connectivity index (χ2n) is 8.50. The van der Waals surface area contributed by atoms with Gasteiger partial charge in [0, 0.05) is 6.54 Å². The molecule has 8 nitrogen and oxygen atoms in total. The number of benzene rings is 2. The van der Waals surface area contributed by atoms with E-state index in [0.717, 1.165) is 28.7 Å². The van der Waals surface area contributed by atoms with E-state index in [2.05, 4.69) is 6.58 Å². The summed E-state index contributed by atoms with van der Waals surface area (Å²) in [5.41, 5.74) is 15.5. The smallest absolute Gasteiger partial charge is 0.430 e. The molecule has 0 radical (unpaired) electrons. The molecule has 8 heteroatoms. The van der Waals surface area contributed by atoms with Crippen molar-refractivity contribution in [2.75, 3.05) is 13.2 Å². The Morgan fingerprint density at radius 3 is 2.31 bits per heavy atom. The predicted octanol–water partition coefficient (Wildman–Crippen LogP) is 3.21. The Morgan fingerprint density at radius 1 is 1.11 bits per heavy atom. The third-order valence-electron chi connectivity index (χ3n) is 5.80. The van der Waals surface area contributed by atoms with Crippen molar-refractivity contribution in [2.24, 2.45) is 11.5 Å². The first-order valence-corrected chi connectivity index (χ1v) is 11.6. The first kappa shape index (κ1) is 27.6. The number of aryl methyl sites for hydroxylation is 3. The van der Waals surface area contributed by atoms with Crippen molar-refractivity contribution in [3.8, 4) is 5.75 Å². The van der Waals surface area contributed by atoms with Gasteiger partial charge in [-0.15, -0.1) is 0 Å². The van der Waals surface area contributed by atoms with E-state index in [9.17, 15) is 14.4 Å². The summed E-state index contributed by atoms with van der Waals surface area (Å²) >= 11 is 0. The Morgan fingerprint density at radius 2 is 1.74 bits per heavy atom. The average molecular weight is 482 g/mol. The summed E-state index contributed by atoms with van der Waals surface area (Å²) in [6.45, 7) is 9.22. The monoisotopic (exact) mass is 481 g/mol. The Bertz CT molecular complexity index is 1020. The number of hydrogen-bond acceptors (Lipinski definition) is 6. The molecule has 2 amide bonds. The maximum absolute atomic E-state index is 13.3. The van der Waals surface area contributed by atoms with Gasteiger partial charge in [-0.1, -0.05) is 43.0 Å². The van der Waals surface area contributed by atoms with Gasteiger partial charge in [0.25, 0.3) is 0 Å². The van der Waals surface area contributed by atoms with Gasteiger partial charge in [-0.05, 0) is 74.4 Å². The molecule has 2 rings (SSSR count). The van der Waals surface area contributed by atoms with Crippen LogP contribution in [-0.2, 0) is 27.2 Å². The number of carbonyl (C=O) groups is 3. The number of nitrogens with two attached hydrogens (primary N) is 2. The Labute approximate surface area is 206 Å². The fourth-order valence-corrected chi connectivity index (χ4v) is 3.85. The number of ether oxygens (including phenoxy) is 2. The van der Waals surface area contributed by atoms with Gasteiger partial charge in [0.15, 0.2) is 0 Å². The summed E-state index contributed by atoms with van der Waals surface area (Å²) in [6.07, 6.45) is 2.32. The maximum Gasteiger partial charge on any atom is 0.514 e. The molecule has 188 valence electrons. The highest BCUT2D eigenvalue weighted by molar-refractivity contribution is 5.89. The lowest BCUT2D eigenvalue weighted by Gasteiger charge is -2.30. The molecule has 2 atom stereocenters. The molecule has 0 aromatic heterocycles. The Kier molecular flexibility index (Phi) is 10.5.